The maximum absolute atomic E-state index is 14.3. The zero-order chi connectivity index (χ0) is 26.5. The number of hydrogen-bond donors (Lipinski definition) is 1. The van der Waals surface area contributed by atoms with Crippen molar-refractivity contribution in [2.45, 2.75) is 44.8 Å². The second-order valence-corrected chi connectivity index (χ2v) is 10.8. The average molecular weight is 572 g/mol. The van der Waals surface area contributed by atoms with E-state index in [0.29, 0.717) is 18.7 Å². The van der Waals surface area contributed by atoms with E-state index in [0.717, 1.165) is 33.7 Å². The number of amidine groups is 1. The lowest BCUT2D eigenvalue weighted by Crippen LogP contribution is -2.44. The molecule has 194 valence electrons. The van der Waals surface area contributed by atoms with Gasteiger partial charge in [0.2, 0.25) is 0 Å². The standard InChI is InChI=1S/C25H19Cl2F4N3O2S/c1-13-5-14-11-34(12-15(14)6-18(13)23(35)32-10-17-3-2-4-37-17)21-9-24(36-33-21,25(29,30)31)16-7-19(26)22(28)20(27)8-16/h2-8H,9-12H2,1H3,(H,32,35). The smallest absolute Gasteiger partial charge is 0.372 e. The van der Waals surface area contributed by atoms with Gasteiger partial charge in [-0.3, -0.25) is 4.79 Å². The molecule has 0 saturated carbocycles. The number of hydrogen-bond acceptors (Lipinski definition) is 5. The Morgan fingerprint density at radius 2 is 1.86 bits per heavy atom. The number of nitrogens with one attached hydrogen (secondary N) is 1. The van der Waals surface area contributed by atoms with Crippen molar-refractivity contribution in [3.8, 4) is 0 Å². The summed E-state index contributed by atoms with van der Waals surface area (Å²) in [5.41, 5.74) is -0.344. The molecule has 12 heteroatoms. The van der Waals surface area contributed by atoms with E-state index >= 15 is 0 Å². The first kappa shape index (κ1) is 25.8. The molecule has 2 aliphatic rings. The van der Waals surface area contributed by atoms with Gasteiger partial charge in [0.25, 0.3) is 11.5 Å². The highest BCUT2D eigenvalue weighted by Crippen LogP contribution is 2.50. The number of halogens is 6. The van der Waals surface area contributed by atoms with Crippen LogP contribution in [0.4, 0.5) is 17.6 Å². The second-order valence-electron chi connectivity index (χ2n) is 8.91. The minimum Gasteiger partial charge on any atom is -0.372 e. The monoisotopic (exact) mass is 571 g/mol. The van der Waals surface area contributed by atoms with Crippen molar-refractivity contribution in [1.82, 2.24) is 10.2 Å². The Hall–Kier alpha value is -2.82. The molecule has 3 aromatic rings. The van der Waals surface area contributed by atoms with Gasteiger partial charge in [-0.05, 0) is 53.3 Å². The number of aryl methyl sites for hydroxylation is 1. The Morgan fingerprint density at radius 3 is 2.49 bits per heavy atom. The summed E-state index contributed by atoms with van der Waals surface area (Å²) in [4.78, 5) is 20.5. The number of fused-ring (bicyclic) bond motifs is 1. The summed E-state index contributed by atoms with van der Waals surface area (Å²) in [5, 5.41) is 7.52. The van der Waals surface area contributed by atoms with E-state index in [4.69, 9.17) is 28.0 Å². The van der Waals surface area contributed by atoms with Gasteiger partial charge in [0, 0.05) is 29.1 Å². The van der Waals surface area contributed by atoms with E-state index in [2.05, 4.69) is 10.5 Å². The van der Waals surface area contributed by atoms with Crippen LogP contribution in [0, 0.1) is 12.7 Å². The Morgan fingerprint density at radius 1 is 1.19 bits per heavy atom. The molecule has 1 amide bonds. The minimum atomic E-state index is -4.89. The van der Waals surface area contributed by atoms with Gasteiger partial charge in [-0.2, -0.15) is 13.2 Å². The fraction of sp³-hybridized carbons (Fsp3) is 0.280. The van der Waals surface area contributed by atoms with Crippen LogP contribution in [0.5, 0.6) is 0 Å². The molecule has 1 unspecified atom stereocenters. The van der Waals surface area contributed by atoms with Gasteiger partial charge in [-0.1, -0.05) is 40.5 Å². The molecule has 0 spiro atoms. The number of alkyl halides is 3. The topological polar surface area (TPSA) is 53.9 Å². The number of carbonyl (C=O) groups excluding carboxylic acids is 1. The van der Waals surface area contributed by atoms with Crippen molar-refractivity contribution < 1.29 is 27.2 Å². The molecule has 0 bridgehead atoms. The predicted molar refractivity (Wildman–Crippen MR) is 133 cm³/mol. The van der Waals surface area contributed by atoms with Crippen LogP contribution in [-0.2, 0) is 30.1 Å². The van der Waals surface area contributed by atoms with E-state index in [1.54, 1.807) is 22.3 Å². The maximum atomic E-state index is 14.3. The first-order valence-corrected chi connectivity index (χ1v) is 12.8. The average Bonchev–Trinajstić information content (AvgIpc) is 3.59. The number of thiophene rings is 1. The fourth-order valence-electron chi connectivity index (χ4n) is 4.52. The largest absolute Gasteiger partial charge is 0.435 e. The van der Waals surface area contributed by atoms with Crippen molar-refractivity contribution in [2.24, 2.45) is 5.16 Å². The van der Waals surface area contributed by atoms with Crippen LogP contribution in [0.1, 0.15) is 43.9 Å². The number of rotatable bonds is 4. The molecule has 2 aromatic carbocycles. The summed E-state index contributed by atoms with van der Waals surface area (Å²) < 4.78 is 56.8. The minimum absolute atomic E-state index is 0.0754. The Bertz CT molecular complexity index is 1390. The van der Waals surface area contributed by atoms with Gasteiger partial charge < -0.3 is 15.1 Å². The highest BCUT2D eigenvalue weighted by molar-refractivity contribution is 7.09. The van der Waals surface area contributed by atoms with Crippen LogP contribution in [0.15, 0.2) is 46.9 Å². The number of amides is 1. The van der Waals surface area contributed by atoms with Crippen molar-refractivity contribution >= 4 is 46.3 Å². The molecule has 0 fully saturated rings. The lowest BCUT2D eigenvalue weighted by molar-refractivity contribution is -0.275. The fourth-order valence-corrected chi connectivity index (χ4v) is 5.66. The third-order valence-corrected chi connectivity index (χ3v) is 7.93. The highest BCUT2D eigenvalue weighted by Gasteiger charge is 2.63. The van der Waals surface area contributed by atoms with Crippen LogP contribution in [-0.4, -0.2) is 22.8 Å². The molecule has 5 rings (SSSR count). The molecule has 0 saturated heterocycles. The zero-order valence-electron chi connectivity index (χ0n) is 19.3. The first-order chi connectivity index (χ1) is 17.5. The normalized spacial score (nSPS) is 19.0. The number of benzene rings is 2. The molecule has 0 radical (unpaired) electrons. The summed E-state index contributed by atoms with van der Waals surface area (Å²) >= 11 is 13.1. The lowest BCUT2D eigenvalue weighted by atomic mass is 9.89. The predicted octanol–water partition coefficient (Wildman–Crippen LogP) is 6.94. The summed E-state index contributed by atoms with van der Waals surface area (Å²) in [6, 6.07) is 9.18. The zero-order valence-corrected chi connectivity index (χ0v) is 21.6. The van der Waals surface area contributed by atoms with Gasteiger partial charge in [0.15, 0.2) is 5.82 Å². The van der Waals surface area contributed by atoms with E-state index in [9.17, 15) is 22.4 Å². The van der Waals surface area contributed by atoms with Gasteiger partial charge in [0.1, 0.15) is 5.84 Å². The molecule has 1 atom stereocenters. The number of oxime groups is 1. The Kier molecular flexibility index (Phi) is 6.62. The quantitative estimate of drug-likeness (QED) is 0.272. The van der Waals surface area contributed by atoms with Gasteiger partial charge in [0.05, 0.1) is 23.0 Å². The molecule has 3 heterocycles. The summed E-state index contributed by atoms with van der Waals surface area (Å²) in [6.07, 6.45) is -5.53. The maximum Gasteiger partial charge on any atom is 0.435 e. The van der Waals surface area contributed by atoms with E-state index in [1.807, 2.05) is 30.5 Å². The summed E-state index contributed by atoms with van der Waals surface area (Å²) in [6.45, 7) is 2.77. The van der Waals surface area contributed by atoms with Crippen molar-refractivity contribution in [1.29, 1.82) is 0 Å². The lowest BCUT2D eigenvalue weighted by Gasteiger charge is -2.30. The highest BCUT2D eigenvalue weighted by atomic mass is 35.5. The molecular weight excluding hydrogens is 553 g/mol. The number of carbonyl (C=O) groups is 1. The second kappa shape index (κ2) is 9.49. The van der Waals surface area contributed by atoms with Gasteiger partial charge in [-0.25, -0.2) is 4.39 Å². The van der Waals surface area contributed by atoms with Crippen LogP contribution in [0.25, 0.3) is 0 Å². The van der Waals surface area contributed by atoms with Gasteiger partial charge >= 0.3 is 6.18 Å². The molecule has 5 nitrogen and oxygen atoms in total. The molecule has 2 aliphatic heterocycles. The molecule has 37 heavy (non-hydrogen) atoms. The Labute approximate surface area is 223 Å². The Balaban J connectivity index is 1.36. The van der Waals surface area contributed by atoms with Crippen molar-refractivity contribution in [3.63, 3.8) is 0 Å². The molecule has 0 aliphatic carbocycles. The van der Waals surface area contributed by atoms with E-state index < -0.39 is 39.6 Å². The number of nitrogens with zero attached hydrogens (tertiary/aromatic N) is 2. The summed E-state index contributed by atoms with van der Waals surface area (Å²) in [7, 11) is 0. The van der Waals surface area contributed by atoms with E-state index in [-0.39, 0.29) is 18.3 Å². The SMILES string of the molecule is Cc1cc2c(cc1C(=O)NCc1cccs1)CN(C1=NOC(c3cc(Cl)c(F)c(Cl)c3)(C(F)(F)F)C1)C2. The third-order valence-electron chi connectivity index (χ3n) is 6.50. The molecular formula is C25H19Cl2F4N3O2S. The van der Waals surface area contributed by atoms with E-state index in [1.165, 1.54) is 0 Å². The third kappa shape index (κ3) is 4.66. The molecule has 1 aromatic heterocycles. The van der Waals surface area contributed by atoms with Crippen LogP contribution in [0.3, 0.4) is 0 Å². The van der Waals surface area contributed by atoms with Gasteiger partial charge in [-0.15, -0.1) is 11.3 Å². The molecule has 1 N–H and O–H groups in total. The van der Waals surface area contributed by atoms with Crippen molar-refractivity contribution in [2.75, 3.05) is 0 Å². The first-order valence-electron chi connectivity index (χ1n) is 11.1. The van der Waals surface area contributed by atoms with Crippen LogP contribution in [0.2, 0.25) is 10.0 Å². The van der Waals surface area contributed by atoms with Crippen LogP contribution < -0.4 is 5.32 Å². The summed E-state index contributed by atoms with van der Waals surface area (Å²) in [5.74, 6) is -1.16. The van der Waals surface area contributed by atoms with Crippen LogP contribution >= 0.6 is 34.5 Å². The van der Waals surface area contributed by atoms with Crippen molar-refractivity contribution in [3.05, 3.63) is 90.3 Å².